The number of rotatable bonds is 5. The van der Waals surface area contributed by atoms with Crippen molar-refractivity contribution >= 4 is 33.4 Å². The van der Waals surface area contributed by atoms with Gasteiger partial charge in [0.15, 0.2) is 0 Å². The highest BCUT2D eigenvalue weighted by molar-refractivity contribution is 9.10. The molecule has 1 aliphatic rings. The average Bonchev–Trinajstić information content (AvgIpc) is 3.16. The van der Waals surface area contributed by atoms with E-state index in [4.69, 9.17) is 11.6 Å². The lowest BCUT2D eigenvalue weighted by molar-refractivity contribution is 0.0734. The van der Waals surface area contributed by atoms with Crippen molar-refractivity contribution in [3.8, 4) is 0 Å². The van der Waals surface area contributed by atoms with E-state index in [1.54, 1.807) is 12.1 Å². The van der Waals surface area contributed by atoms with E-state index in [0.717, 1.165) is 30.3 Å². The summed E-state index contributed by atoms with van der Waals surface area (Å²) in [6.45, 7) is 5.20. The first-order chi connectivity index (χ1) is 8.99. The van der Waals surface area contributed by atoms with E-state index >= 15 is 0 Å². The number of nitrogens with zero attached hydrogens (tertiary/aromatic N) is 1. The van der Waals surface area contributed by atoms with Crippen LogP contribution in [0.2, 0.25) is 5.02 Å². The fraction of sp³-hybridized carbons (Fsp3) is 0.533. The van der Waals surface area contributed by atoms with Gasteiger partial charge in [-0.15, -0.1) is 0 Å². The third-order valence-corrected chi connectivity index (χ3v) is 4.28. The van der Waals surface area contributed by atoms with E-state index in [2.05, 4.69) is 29.8 Å². The smallest absolute Gasteiger partial charge is 0.255 e. The van der Waals surface area contributed by atoms with Gasteiger partial charge < -0.3 is 4.90 Å². The van der Waals surface area contributed by atoms with E-state index < -0.39 is 0 Å². The van der Waals surface area contributed by atoms with E-state index in [-0.39, 0.29) is 5.91 Å². The van der Waals surface area contributed by atoms with Gasteiger partial charge in [-0.2, -0.15) is 0 Å². The van der Waals surface area contributed by atoms with Crippen LogP contribution in [0, 0.1) is 5.92 Å². The number of carbonyl (C=O) groups is 1. The van der Waals surface area contributed by atoms with Gasteiger partial charge in [0, 0.05) is 22.1 Å². The molecule has 0 aliphatic heterocycles. The Morgan fingerprint density at radius 2 is 2.16 bits per heavy atom. The lowest BCUT2D eigenvalue weighted by atomic mass is 10.1. The maximum absolute atomic E-state index is 12.6. The molecule has 19 heavy (non-hydrogen) atoms. The van der Waals surface area contributed by atoms with Crippen LogP contribution in [-0.2, 0) is 0 Å². The standard InChI is InChI=1S/C15H19BrClNO/c1-10(2)7-8-18(12-4-5-12)15(19)13-9-11(17)3-6-14(13)16/h3,6,9-10,12H,4-5,7-8H2,1-2H3. The number of carbonyl (C=O) groups excluding carboxylic acids is 1. The molecule has 1 fully saturated rings. The predicted molar refractivity (Wildman–Crippen MR) is 82.7 cm³/mol. The van der Waals surface area contributed by atoms with Crippen molar-refractivity contribution in [3.63, 3.8) is 0 Å². The van der Waals surface area contributed by atoms with E-state index in [0.29, 0.717) is 22.5 Å². The second kappa shape index (κ2) is 6.27. The van der Waals surface area contributed by atoms with Gasteiger partial charge in [-0.3, -0.25) is 4.79 Å². The topological polar surface area (TPSA) is 20.3 Å². The van der Waals surface area contributed by atoms with Gasteiger partial charge in [0.2, 0.25) is 0 Å². The first kappa shape index (κ1) is 14.9. The van der Waals surface area contributed by atoms with Gasteiger partial charge >= 0.3 is 0 Å². The summed E-state index contributed by atoms with van der Waals surface area (Å²) in [5.74, 6) is 0.703. The van der Waals surface area contributed by atoms with Crippen LogP contribution in [0.5, 0.6) is 0 Å². The molecule has 1 aliphatic carbocycles. The minimum absolute atomic E-state index is 0.0949. The summed E-state index contributed by atoms with van der Waals surface area (Å²) < 4.78 is 0.817. The summed E-state index contributed by atoms with van der Waals surface area (Å²) in [5.41, 5.74) is 0.670. The number of benzene rings is 1. The first-order valence-corrected chi connectivity index (χ1v) is 7.92. The Morgan fingerprint density at radius 3 is 2.74 bits per heavy atom. The number of amides is 1. The van der Waals surface area contributed by atoms with Crippen molar-refractivity contribution in [1.29, 1.82) is 0 Å². The lowest BCUT2D eigenvalue weighted by Gasteiger charge is -2.24. The molecular formula is C15H19BrClNO. The molecule has 0 bridgehead atoms. The Morgan fingerprint density at radius 1 is 1.47 bits per heavy atom. The molecule has 2 rings (SSSR count). The molecule has 0 heterocycles. The van der Waals surface area contributed by atoms with Crippen molar-refractivity contribution in [3.05, 3.63) is 33.3 Å². The Labute approximate surface area is 128 Å². The molecule has 0 saturated heterocycles. The molecule has 0 N–H and O–H groups in total. The summed E-state index contributed by atoms with van der Waals surface area (Å²) in [5, 5.41) is 0.603. The highest BCUT2D eigenvalue weighted by atomic mass is 79.9. The quantitative estimate of drug-likeness (QED) is 0.754. The minimum Gasteiger partial charge on any atom is -0.336 e. The highest BCUT2D eigenvalue weighted by Gasteiger charge is 2.33. The molecule has 1 aromatic carbocycles. The fourth-order valence-corrected chi connectivity index (χ4v) is 2.64. The molecule has 0 unspecified atom stereocenters. The Kier molecular flexibility index (Phi) is 4.91. The van der Waals surface area contributed by atoms with Crippen LogP contribution in [0.3, 0.4) is 0 Å². The normalized spacial score (nSPS) is 14.8. The first-order valence-electron chi connectivity index (χ1n) is 6.75. The second-order valence-corrected chi connectivity index (χ2v) is 6.83. The summed E-state index contributed by atoms with van der Waals surface area (Å²) in [7, 11) is 0. The van der Waals surface area contributed by atoms with Gasteiger partial charge in [-0.25, -0.2) is 0 Å². The Bertz CT molecular complexity index is 471. The zero-order valence-corrected chi connectivity index (χ0v) is 13.7. The van der Waals surface area contributed by atoms with Gasteiger partial charge in [0.25, 0.3) is 5.91 Å². The molecule has 2 nitrogen and oxygen atoms in total. The molecule has 104 valence electrons. The number of hydrogen-bond donors (Lipinski definition) is 0. The monoisotopic (exact) mass is 343 g/mol. The third kappa shape index (κ3) is 3.96. The molecule has 0 aromatic heterocycles. The van der Waals surface area contributed by atoms with Crippen molar-refractivity contribution in [1.82, 2.24) is 4.90 Å². The van der Waals surface area contributed by atoms with Crippen LogP contribution in [0.25, 0.3) is 0 Å². The van der Waals surface area contributed by atoms with Crippen molar-refractivity contribution in [2.24, 2.45) is 5.92 Å². The predicted octanol–water partition coefficient (Wildman–Crippen LogP) is 4.75. The maximum atomic E-state index is 12.6. The van der Waals surface area contributed by atoms with Crippen molar-refractivity contribution in [2.75, 3.05) is 6.54 Å². The summed E-state index contributed by atoms with van der Waals surface area (Å²) in [6.07, 6.45) is 3.30. The van der Waals surface area contributed by atoms with Crippen LogP contribution < -0.4 is 0 Å². The van der Waals surface area contributed by atoms with Gasteiger partial charge in [-0.05, 0) is 59.3 Å². The third-order valence-electron chi connectivity index (χ3n) is 3.35. The van der Waals surface area contributed by atoms with Crippen LogP contribution in [0.15, 0.2) is 22.7 Å². The Balaban J connectivity index is 2.16. The summed E-state index contributed by atoms with van der Waals surface area (Å²) >= 11 is 9.44. The van der Waals surface area contributed by atoms with Gasteiger partial charge in [-0.1, -0.05) is 25.4 Å². The average molecular weight is 345 g/mol. The van der Waals surface area contributed by atoms with E-state index in [1.165, 1.54) is 0 Å². The molecule has 1 aromatic rings. The molecular weight excluding hydrogens is 326 g/mol. The zero-order valence-electron chi connectivity index (χ0n) is 11.3. The highest BCUT2D eigenvalue weighted by Crippen LogP contribution is 2.31. The molecule has 1 saturated carbocycles. The molecule has 1 amide bonds. The molecule has 0 atom stereocenters. The molecule has 0 spiro atoms. The number of halogens is 2. The molecule has 0 radical (unpaired) electrons. The van der Waals surface area contributed by atoms with Crippen molar-refractivity contribution < 1.29 is 4.79 Å². The maximum Gasteiger partial charge on any atom is 0.255 e. The van der Waals surface area contributed by atoms with Gasteiger partial charge in [0.1, 0.15) is 0 Å². The molecule has 4 heteroatoms. The Hall–Kier alpha value is -0.540. The van der Waals surface area contributed by atoms with Crippen LogP contribution in [-0.4, -0.2) is 23.4 Å². The fourth-order valence-electron chi connectivity index (χ4n) is 2.05. The minimum atomic E-state index is 0.0949. The SMILES string of the molecule is CC(C)CCN(C(=O)c1cc(Cl)ccc1Br)C1CC1. The second-order valence-electron chi connectivity index (χ2n) is 5.54. The van der Waals surface area contributed by atoms with Crippen LogP contribution in [0.4, 0.5) is 0 Å². The van der Waals surface area contributed by atoms with E-state index in [9.17, 15) is 4.79 Å². The van der Waals surface area contributed by atoms with E-state index in [1.807, 2.05) is 11.0 Å². The summed E-state index contributed by atoms with van der Waals surface area (Å²) in [6, 6.07) is 5.80. The summed E-state index contributed by atoms with van der Waals surface area (Å²) in [4.78, 5) is 14.7. The largest absolute Gasteiger partial charge is 0.336 e. The zero-order chi connectivity index (χ0) is 14.0. The van der Waals surface area contributed by atoms with Crippen LogP contribution in [0.1, 0.15) is 43.5 Å². The van der Waals surface area contributed by atoms with Crippen molar-refractivity contribution in [2.45, 2.75) is 39.2 Å². The van der Waals surface area contributed by atoms with Crippen LogP contribution >= 0.6 is 27.5 Å². The van der Waals surface area contributed by atoms with Gasteiger partial charge in [0.05, 0.1) is 5.56 Å². The lowest BCUT2D eigenvalue weighted by Crippen LogP contribution is -2.34. The number of hydrogen-bond acceptors (Lipinski definition) is 1.